The van der Waals surface area contributed by atoms with E-state index in [1.165, 1.54) is 11.9 Å². The van der Waals surface area contributed by atoms with E-state index in [-0.39, 0.29) is 17.2 Å². The molecule has 3 aromatic rings. The molecule has 39 heavy (non-hydrogen) atoms. The van der Waals surface area contributed by atoms with E-state index >= 15 is 0 Å². The Kier molecular flexibility index (Phi) is 8.13. The summed E-state index contributed by atoms with van der Waals surface area (Å²) in [6.07, 6.45) is 1.86. The van der Waals surface area contributed by atoms with Crippen molar-refractivity contribution in [2.45, 2.75) is 29.6 Å². The monoisotopic (exact) mass is 549 g/mol. The van der Waals surface area contributed by atoms with Gasteiger partial charge in [-0.1, -0.05) is 30.0 Å². The van der Waals surface area contributed by atoms with E-state index in [0.29, 0.717) is 18.0 Å². The molecule has 3 heterocycles. The first-order valence-corrected chi connectivity index (χ1v) is 14.3. The predicted octanol–water partition coefficient (Wildman–Crippen LogP) is 3.47. The standard InChI is InChI=1S/C29H35N5O4S/c1-4-38-28(36)21-10-7-13-24-27(21)34(22-11-5-6-12-23(22)39-24)17-9-15-32-14-8-16-33(19-18-32)25-20-26(35)31(3)29(37)30(25)2/h5-7,10-13,20H,4,8-9,14-19H2,1-3H3. The zero-order valence-electron chi connectivity index (χ0n) is 22.8. The van der Waals surface area contributed by atoms with Crippen LogP contribution in [0.2, 0.25) is 0 Å². The number of hydrogen-bond acceptors (Lipinski definition) is 8. The minimum Gasteiger partial charge on any atom is -0.462 e. The third-order valence-electron chi connectivity index (χ3n) is 7.41. The average Bonchev–Trinajstić information content (AvgIpc) is 3.19. The highest BCUT2D eigenvalue weighted by molar-refractivity contribution is 7.99. The number of para-hydroxylation sites is 2. The zero-order valence-corrected chi connectivity index (χ0v) is 23.6. The maximum atomic E-state index is 12.9. The van der Waals surface area contributed by atoms with E-state index in [9.17, 15) is 14.4 Å². The van der Waals surface area contributed by atoms with Gasteiger partial charge in [0.25, 0.3) is 5.56 Å². The first-order valence-electron chi connectivity index (χ1n) is 13.5. The molecule has 2 aliphatic rings. The fourth-order valence-corrected chi connectivity index (χ4v) is 6.52. The van der Waals surface area contributed by atoms with Crippen molar-refractivity contribution in [3.8, 4) is 0 Å². The lowest BCUT2D eigenvalue weighted by Crippen LogP contribution is -2.41. The molecule has 0 atom stereocenters. The van der Waals surface area contributed by atoms with Gasteiger partial charge in [-0.15, -0.1) is 0 Å². The van der Waals surface area contributed by atoms with Crippen molar-refractivity contribution >= 4 is 34.9 Å². The summed E-state index contributed by atoms with van der Waals surface area (Å²) in [4.78, 5) is 46.6. The van der Waals surface area contributed by atoms with Crippen molar-refractivity contribution in [1.29, 1.82) is 0 Å². The highest BCUT2D eigenvalue weighted by Crippen LogP contribution is 2.49. The van der Waals surface area contributed by atoms with Crippen molar-refractivity contribution in [2.75, 3.05) is 55.7 Å². The predicted molar refractivity (Wildman–Crippen MR) is 155 cm³/mol. The van der Waals surface area contributed by atoms with Crippen LogP contribution in [0, 0.1) is 0 Å². The quantitative estimate of drug-likeness (QED) is 0.415. The van der Waals surface area contributed by atoms with Gasteiger partial charge in [0.05, 0.1) is 23.5 Å². The molecular weight excluding hydrogens is 514 g/mol. The number of carbonyl (C=O) groups excluding carboxylic acids is 1. The van der Waals surface area contributed by atoms with Crippen molar-refractivity contribution in [3.63, 3.8) is 0 Å². The molecule has 0 spiro atoms. The van der Waals surface area contributed by atoms with Gasteiger partial charge >= 0.3 is 11.7 Å². The van der Waals surface area contributed by atoms with Gasteiger partial charge in [0.1, 0.15) is 5.82 Å². The van der Waals surface area contributed by atoms with Crippen LogP contribution in [-0.2, 0) is 18.8 Å². The number of nitrogens with zero attached hydrogens (tertiary/aromatic N) is 5. The van der Waals surface area contributed by atoms with Crippen LogP contribution in [0.25, 0.3) is 0 Å². The third kappa shape index (κ3) is 5.49. The van der Waals surface area contributed by atoms with E-state index in [2.05, 4.69) is 32.9 Å². The highest BCUT2D eigenvalue weighted by Gasteiger charge is 2.28. The molecule has 10 heteroatoms. The second-order valence-electron chi connectivity index (χ2n) is 9.87. The Morgan fingerprint density at radius 1 is 0.923 bits per heavy atom. The highest BCUT2D eigenvalue weighted by atomic mass is 32.2. The van der Waals surface area contributed by atoms with Gasteiger partial charge in [0.2, 0.25) is 0 Å². The van der Waals surface area contributed by atoms with Gasteiger partial charge in [-0.05, 0) is 57.1 Å². The van der Waals surface area contributed by atoms with Crippen molar-refractivity contribution in [2.24, 2.45) is 14.1 Å². The Bertz CT molecular complexity index is 1480. The first-order chi connectivity index (χ1) is 18.9. The first kappa shape index (κ1) is 27.1. The number of hydrogen-bond donors (Lipinski definition) is 0. The summed E-state index contributed by atoms with van der Waals surface area (Å²) in [6, 6.07) is 15.7. The maximum Gasteiger partial charge on any atom is 0.340 e. The number of aromatic nitrogens is 2. The molecule has 9 nitrogen and oxygen atoms in total. The largest absolute Gasteiger partial charge is 0.462 e. The van der Waals surface area contributed by atoms with Crippen LogP contribution in [-0.4, -0.2) is 65.9 Å². The summed E-state index contributed by atoms with van der Waals surface area (Å²) < 4.78 is 8.08. The lowest BCUT2D eigenvalue weighted by Gasteiger charge is -2.34. The van der Waals surface area contributed by atoms with Crippen LogP contribution in [0.15, 0.2) is 67.9 Å². The molecule has 0 bridgehead atoms. The minimum atomic E-state index is -0.305. The number of rotatable bonds is 7. The van der Waals surface area contributed by atoms with Gasteiger partial charge in [-0.25, -0.2) is 9.59 Å². The van der Waals surface area contributed by atoms with Crippen LogP contribution in [0.4, 0.5) is 17.2 Å². The summed E-state index contributed by atoms with van der Waals surface area (Å²) in [5.74, 6) is 0.382. The molecule has 1 aromatic heterocycles. The Hall–Kier alpha value is -3.50. The SMILES string of the molecule is CCOC(=O)c1cccc2c1N(CCCN1CCCN(c3cc(=O)n(C)c(=O)n3C)CC1)c1ccccc1S2. The molecule has 0 radical (unpaired) electrons. The maximum absolute atomic E-state index is 12.9. The molecule has 5 rings (SSSR count). The van der Waals surface area contributed by atoms with Crippen LogP contribution in [0.1, 0.15) is 30.1 Å². The summed E-state index contributed by atoms with van der Waals surface area (Å²) in [7, 11) is 3.23. The van der Waals surface area contributed by atoms with Crippen LogP contribution < -0.4 is 21.0 Å². The summed E-state index contributed by atoms with van der Waals surface area (Å²) in [5, 5.41) is 0. The van der Waals surface area contributed by atoms with Crippen molar-refractivity contribution in [1.82, 2.24) is 14.0 Å². The van der Waals surface area contributed by atoms with Crippen molar-refractivity contribution < 1.29 is 9.53 Å². The van der Waals surface area contributed by atoms with Crippen LogP contribution in [0.3, 0.4) is 0 Å². The molecular formula is C29H35N5O4S. The van der Waals surface area contributed by atoms with E-state index in [4.69, 9.17) is 4.74 Å². The zero-order chi connectivity index (χ0) is 27.5. The fraction of sp³-hybridized carbons (Fsp3) is 0.414. The topological polar surface area (TPSA) is 80.0 Å². The van der Waals surface area contributed by atoms with E-state index < -0.39 is 0 Å². The lowest BCUT2D eigenvalue weighted by molar-refractivity contribution is 0.0527. The summed E-state index contributed by atoms with van der Waals surface area (Å²) in [6.45, 7) is 7.19. The molecule has 0 N–H and O–H groups in total. The molecule has 0 saturated carbocycles. The van der Waals surface area contributed by atoms with Gasteiger partial charge in [-0.2, -0.15) is 0 Å². The normalized spacial score (nSPS) is 15.5. The Morgan fingerprint density at radius 2 is 1.72 bits per heavy atom. The number of esters is 1. The number of fused-ring (bicyclic) bond motifs is 2. The van der Waals surface area contributed by atoms with E-state index in [1.807, 2.05) is 31.2 Å². The van der Waals surface area contributed by atoms with Crippen molar-refractivity contribution in [3.05, 3.63) is 74.9 Å². The smallest absolute Gasteiger partial charge is 0.340 e. The van der Waals surface area contributed by atoms with Crippen LogP contribution >= 0.6 is 11.8 Å². The minimum absolute atomic E-state index is 0.281. The molecule has 1 fully saturated rings. The molecule has 206 valence electrons. The van der Waals surface area contributed by atoms with Crippen LogP contribution in [0.5, 0.6) is 0 Å². The second-order valence-corrected chi connectivity index (χ2v) is 11.0. The Morgan fingerprint density at radius 3 is 2.54 bits per heavy atom. The number of carbonyl (C=O) groups is 1. The third-order valence-corrected chi connectivity index (χ3v) is 8.52. The second kappa shape index (κ2) is 11.7. The molecule has 0 unspecified atom stereocenters. The fourth-order valence-electron chi connectivity index (χ4n) is 5.40. The van der Waals surface area contributed by atoms with Gasteiger partial charge in [-0.3, -0.25) is 13.9 Å². The average molecular weight is 550 g/mol. The number of benzene rings is 2. The van der Waals surface area contributed by atoms with E-state index in [0.717, 1.165) is 72.9 Å². The molecule has 0 amide bonds. The van der Waals surface area contributed by atoms with Gasteiger partial charge in [0, 0.05) is 56.1 Å². The van der Waals surface area contributed by atoms with E-state index in [1.54, 1.807) is 29.4 Å². The molecule has 2 aromatic carbocycles. The molecule has 2 aliphatic heterocycles. The number of anilines is 3. The van der Waals surface area contributed by atoms with Gasteiger partial charge in [0.15, 0.2) is 0 Å². The lowest BCUT2D eigenvalue weighted by atomic mass is 10.1. The summed E-state index contributed by atoms with van der Waals surface area (Å²) >= 11 is 1.69. The Labute approximate surface area is 232 Å². The number of ether oxygens (including phenoxy) is 1. The Balaban J connectivity index is 1.30. The molecule has 1 saturated heterocycles. The summed E-state index contributed by atoms with van der Waals surface area (Å²) in [5.41, 5.74) is 2.05. The van der Waals surface area contributed by atoms with Gasteiger partial charge < -0.3 is 19.4 Å². The molecule has 0 aliphatic carbocycles.